The maximum Gasteiger partial charge on any atom is 0.341 e. The van der Waals surface area contributed by atoms with Crippen molar-refractivity contribution in [1.82, 2.24) is 5.32 Å². The maximum absolute atomic E-state index is 12.7. The zero-order valence-corrected chi connectivity index (χ0v) is 18.7. The highest BCUT2D eigenvalue weighted by Gasteiger charge is 2.42. The third-order valence-corrected chi connectivity index (χ3v) is 7.32. The summed E-state index contributed by atoms with van der Waals surface area (Å²) in [5.41, 5.74) is 1.05. The lowest BCUT2D eigenvalue weighted by Gasteiger charge is -2.42. The summed E-state index contributed by atoms with van der Waals surface area (Å²) in [6.45, 7) is 8.29. The monoisotopic (exact) mass is 446 g/mol. The van der Waals surface area contributed by atoms with Crippen molar-refractivity contribution >= 4 is 62.8 Å². The van der Waals surface area contributed by atoms with Gasteiger partial charge in [0.2, 0.25) is 0 Å². The Morgan fingerprint density at radius 3 is 2.44 bits per heavy atom. The smallest absolute Gasteiger partial charge is 0.341 e. The van der Waals surface area contributed by atoms with Gasteiger partial charge in [-0.05, 0) is 45.7 Å². The molecule has 1 aliphatic heterocycles. The van der Waals surface area contributed by atoms with Crippen molar-refractivity contribution in [3.63, 3.8) is 0 Å². The summed E-state index contributed by atoms with van der Waals surface area (Å²) in [4.78, 5) is 26.3. The first-order chi connectivity index (χ1) is 12.4. The number of rotatable bonds is 3. The molecule has 3 heterocycles. The van der Waals surface area contributed by atoms with E-state index < -0.39 is 11.9 Å². The summed E-state index contributed by atoms with van der Waals surface area (Å²) < 4.78 is 5.74. The van der Waals surface area contributed by atoms with Crippen LogP contribution in [0, 0.1) is 0 Å². The number of nitrogens with one attached hydrogen (secondary N) is 2. The van der Waals surface area contributed by atoms with Crippen LogP contribution < -0.4 is 10.6 Å². The first-order valence-electron chi connectivity index (χ1n) is 8.25. The van der Waals surface area contributed by atoms with Gasteiger partial charge in [0, 0.05) is 16.0 Å². The van der Waals surface area contributed by atoms with Crippen LogP contribution in [0.25, 0.3) is 0 Å². The lowest BCUT2D eigenvalue weighted by Crippen LogP contribution is -2.55. The van der Waals surface area contributed by atoms with Crippen molar-refractivity contribution in [2.45, 2.75) is 45.2 Å². The van der Waals surface area contributed by atoms with Crippen molar-refractivity contribution in [2.75, 3.05) is 12.4 Å². The highest BCUT2D eigenvalue weighted by Crippen LogP contribution is 2.45. The average molecular weight is 447 g/mol. The van der Waals surface area contributed by atoms with Gasteiger partial charge < -0.3 is 15.4 Å². The van der Waals surface area contributed by atoms with Crippen LogP contribution in [-0.4, -0.2) is 24.5 Å². The molecule has 0 atom stereocenters. The minimum atomic E-state index is -0.467. The summed E-state index contributed by atoms with van der Waals surface area (Å²) in [6.07, 6.45) is 0.646. The van der Waals surface area contributed by atoms with Gasteiger partial charge in [0.25, 0.3) is 5.91 Å². The van der Waals surface area contributed by atoms with E-state index in [1.807, 2.05) is 0 Å². The Morgan fingerprint density at radius 1 is 1.22 bits per heavy atom. The minimum Gasteiger partial charge on any atom is -0.465 e. The molecule has 1 aliphatic rings. The van der Waals surface area contributed by atoms with Crippen LogP contribution in [0.3, 0.4) is 0 Å². The molecule has 0 fully saturated rings. The van der Waals surface area contributed by atoms with E-state index >= 15 is 0 Å². The van der Waals surface area contributed by atoms with Gasteiger partial charge in [-0.3, -0.25) is 4.79 Å². The van der Waals surface area contributed by atoms with E-state index in [4.69, 9.17) is 27.9 Å². The van der Waals surface area contributed by atoms with Gasteiger partial charge in [-0.2, -0.15) is 0 Å². The van der Waals surface area contributed by atoms with E-state index in [9.17, 15) is 9.59 Å². The topological polar surface area (TPSA) is 67.4 Å². The Labute approximate surface area is 176 Å². The third kappa shape index (κ3) is 3.89. The Bertz CT molecular complexity index is 931. The second kappa shape index (κ2) is 7.04. The molecule has 0 spiro atoms. The molecule has 2 aromatic rings. The Morgan fingerprint density at radius 2 is 1.89 bits per heavy atom. The first kappa shape index (κ1) is 20.6. The number of amides is 1. The van der Waals surface area contributed by atoms with Gasteiger partial charge >= 0.3 is 5.97 Å². The first-order valence-corrected chi connectivity index (χ1v) is 10.6. The van der Waals surface area contributed by atoms with Crippen LogP contribution in [0.15, 0.2) is 6.07 Å². The zero-order valence-electron chi connectivity index (χ0n) is 15.6. The van der Waals surface area contributed by atoms with Gasteiger partial charge in [0.1, 0.15) is 9.34 Å². The largest absolute Gasteiger partial charge is 0.465 e. The fourth-order valence-corrected chi connectivity index (χ4v) is 6.32. The number of anilines is 1. The number of carbonyl (C=O) groups is 2. The molecule has 5 nitrogen and oxygen atoms in total. The van der Waals surface area contributed by atoms with Gasteiger partial charge in [0.15, 0.2) is 0 Å². The summed E-state index contributed by atoms with van der Waals surface area (Å²) in [7, 11) is 1.34. The Kier molecular flexibility index (Phi) is 5.38. The molecule has 2 aromatic heterocycles. The number of halogens is 2. The summed E-state index contributed by atoms with van der Waals surface area (Å²) in [5, 5.41) is 6.89. The highest BCUT2D eigenvalue weighted by atomic mass is 35.5. The van der Waals surface area contributed by atoms with E-state index in [1.54, 1.807) is 0 Å². The van der Waals surface area contributed by atoms with E-state index in [0.717, 1.165) is 21.8 Å². The van der Waals surface area contributed by atoms with Gasteiger partial charge in [-0.15, -0.1) is 22.7 Å². The van der Waals surface area contributed by atoms with Crippen molar-refractivity contribution < 1.29 is 14.3 Å². The number of hydrogen-bond acceptors (Lipinski definition) is 6. The molecular formula is C18H20Cl2N2O3S2. The molecule has 0 unspecified atom stereocenters. The fourth-order valence-electron chi connectivity index (χ4n) is 3.60. The molecule has 9 heteroatoms. The Balaban J connectivity index is 2.08. The molecule has 2 N–H and O–H groups in total. The van der Waals surface area contributed by atoms with Crippen LogP contribution in [0.1, 0.15) is 58.9 Å². The van der Waals surface area contributed by atoms with Crippen molar-refractivity contribution in [3.05, 3.63) is 36.3 Å². The molecule has 0 aromatic carbocycles. The van der Waals surface area contributed by atoms with Crippen LogP contribution in [0.5, 0.6) is 0 Å². The standard InChI is InChI=1S/C18H20Cl2N2O3S2/c1-17(2)7-9-11(16(24)25-5)15(27-12(9)18(3,4)22-17)21-14(23)8-6-10(19)26-13(8)20/h6,22H,7H2,1-5H3,(H,21,23). The number of methoxy groups -OCH3 is 1. The predicted molar refractivity (Wildman–Crippen MR) is 112 cm³/mol. The van der Waals surface area contributed by atoms with E-state index in [1.165, 1.54) is 24.5 Å². The quantitative estimate of drug-likeness (QED) is 0.626. The molecule has 0 radical (unpaired) electrons. The molecule has 0 saturated carbocycles. The molecule has 27 heavy (non-hydrogen) atoms. The highest BCUT2D eigenvalue weighted by molar-refractivity contribution is 7.20. The van der Waals surface area contributed by atoms with Gasteiger partial charge in [0.05, 0.1) is 22.6 Å². The van der Waals surface area contributed by atoms with Crippen LogP contribution in [0.2, 0.25) is 8.67 Å². The fraction of sp³-hybridized carbons (Fsp3) is 0.444. The molecule has 1 amide bonds. The number of fused-ring (bicyclic) bond motifs is 1. The minimum absolute atomic E-state index is 0.203. The maximum atomic E-state index is 12.7. The van der Waals surface area contributed by atoms with E-state index in [-0.39, 0.29) is 16.6 Å². The van der Waals surface area contributed by atoms with Crippen molar-refractivity contribution in [3.8, 4) is 0 Å². The van der Waals surface area contributed by atoms with Crippen LogP contribution in [0.4, 0.5) is 5.00 Å². The molecule has 146 valence electrons. The average Bonchev–Trinajstić information content (AvgIpc) is 3.05. The number of thiophene rings is 2. The van der Waals surface area contributed by atoms with Crippen molar-refractivity contribution in [1.29, 1.82) is 0 Å². The molecular weight excluding hydrogens is 427 g/mol. The second-order valence-corrected chi connectivity index (χ2v) is 10.9. The number of ether oxygens (including phenoxy) is 1. The number of hydrogen-bond donors (Lipinski definition) is 2. The second-order valence-electron chi connectivity index (χ2n) is 7.61. The zero-order chi connectivity index (χ0) is 20.1. The predicted octanol–water partition coefficient (Wildman–Crippen LogP) is 5.31. The van der Waals surface area contributed by atoms with Crippen molar-refractivity contribution in [2.24, 2.45) is 0 Å². The summed E-state index contributed by atoms with van der Waals surface area (Å²) >= 11 is 14.5. The van der Waals surface area contributed by atoms with Gasteiger partial charge in [-0.1, -0.05) is 23.2 Å². The molecule has 3 rings (SSSR count). The lowest BCUT2D eigenvalue weighted by molar-refractivity contribution is 0.0600. The molecule has 0 saturated heterocycles. The van der Waals surface area contributed by atoms with Gasteiger partial charge in [-0.25, -0.2) is 4.79 Å². The normalized spacial score (nSPS) is 17.3. The van der Waals surface area contributed by atoms with Crippen LogP contribution >= 0.6 is 45.9 Å². The van der Waals surface area contributed by atoms with Crippen LogP contribution in [-0.2, 0) is 16.7 Å². The SMILES string of the molecule is COC(=O)c1c(NC(=O)c2cc(Cl)sc2Cl)sc2c1CC(C)(C)NC2(C)C. The Hall–Kier alpha value is -1.12. The summed E-state index contributed by atoms with van der Waals surface area (Å²) in [5.74, 6) is -0.873. The number of carbonyl (C=O) groups excluding carboxylic acids is 2. The third-order valence-electron chi connectivity index (χ3n) is 4.36. The molecule has 0 aliphatic carbocycles. The molecule has 0 bridgehead atoms. The number of esters is 1. The lowest BCUT2D eigenvalue weighted by atomic mass is 9.81. The van der Waals surface area contributed by atoms with E-state index in [0.29, 0.717) is 25.7 Å². The van der Waals surface area contributed by atoms with E-state index in [2.05, 4.69) is 38.3 Å². The summed E-state index contributed by atoms with van der Waals surface area (Å²) in [6, 6.07) is 1.52.